The fourth-order valence-corrected chi connectivity index (χ4v) is 2.71. The first kappa shape index (κ1) is 17.9. The fraction of sp³-hybridized carbons (Fsp3) is 0.167. The summed E-state index contributed by atoms with van der Waals surface area (Å²) in [5, 5.41) is 6.36. The van der Waals surface area contributed by atoms with Gasteiger partial charge in [-0.05, 0) is 40.0 Å². The van der Waals surface area contributed by atoms with Gasteiger partial charge in [0, 0.05) is 16.6 Å². The molecule has 2 amide bonds. The molecule has 0 aromatic heterocycles. The Bertz CT molecular complexity index is 840. The summed E-state index contributed by atoms with van der Waals surface area (Å²) in [6, 6.07) is 13.2. The van der Waals surface area contributed by atoms with Gasteiger partial charge in [-0.2, -0.15) is 5.10 Å². The molecular formula is C18H16BrN3O4. The van der Waals surface area contributed by atoms with Gasteiger partial charge in [0.15, 0.2) is 11.5 Å². The second-order valence-corrected chi connectivity index (χ2v) is 6.27. The van der Waals surface area contributed by atoms with Crippen LogP contribution in [0.25, 0.3) is 0 Å². The van der Waals surface area contributed by atoms with Crippen LogP contribution in [-0.4, -0.2) is 31.4 Å². The van der Waals surface area contributed by atoms with E-state index in [1.54, 1.807) is 12.1 Å². The Balaban J connectivity index is 1.47. The van der Waals surface area contributed by atoms with Crippen LogP contribution in [0.5, 0.6) is 11.5 Å². The van der Waals surface area contributed by atoms with Gasteiger partial charge in [0.1, 0.15) is 0 Å². The van der Waals surface area contributed by atoms with Crippen LogP contribution in [-0.2, 0) is 16.0 Å². The Hall–Kier alpha value is -2.87. The molecule has 1 aliphatic rings. The van der Waals surface area contributed by atoms with Crippen LogP contribution in [0.15, 0.2) is 52.0 Å². The molecule has 8 heteroatoms. The predicted octanol–water partition coefficient (Wildman–Crippen LogP) is 1.99. The second-order valence-electron chi connectivity index (χ2n) is 5.42. The highest BCUT2D eigenvalue weighted by Crippen LogP contribution is 2.36. The Kier molecular flexibility index (Phi) is 5.85. The van der Waals surface area contributed by atoms with Gasteiger partial charge in [-0.1, -0.05) is 30.3 Å². The van der Waals surface area contributed by atoms with E-state index in [-0.39, 0.29) is 6.79 Å². The third-order valence-corrected chi connectivity index (χ3v) is 4.30. The number of nitrogens with one attached hydrogen (secondary N) is 2. The highest BCUT2D eigenvalue weighted by molar-refractivity contribution is 9.10. The minimum absolute atomic E-state index is 0.169. The van der Waals surface area contributed by atoms with Crippen molar-refractivity contribution in [2.24, 2.45) is 5.10 Å². The van der Waals surface area contributed by atoms with Crippen LogP contribution in [0.3, 0.4) is 0 Å². The average molecular weight is 418 g/mol. The van der Waals surface area contributed by atoms with Crippen LogP contribution < -0.4 is 20.2 Å². The molecule has 26 heavy (non-hydrogen) atoms. The van der Waals surface area contributed by atoms with E-state index in [1.165, 1.54) is 6.21 Å². The smallest absolute Gasteiger partial charge is 0.329 e. The molecule has 2 aromatic carbocycles. The molecule has 2 N–H and O–H groups in total. The van der Waals surface area contributed by atoms with E-state index in [4.69, 9.17) is 9.47 Å². The van der Waals surface area contributed by atoms with E-state index in [2.05, 4.69) is 31.8 Å². The van der Waals surface area contributed by atoms with E-state index in [9.17, 15) is 9.59 Å². The number of hydrazone groups is 1. The largest absolute Gasteiger partial charge is 0.454 e. The van der Waals surface area contributed by atoms with Gasteiger partial charge >= 0.3 is 11.8 Å². The third-order valence-electron chi connectivity index (χ3n) is 3.61. The van der Waals surface area contributed by atoms with Crippen molar-refractivity contribution in [1.29, 1.82) is 0 Å². The summed E-state index contributed by atoms with van der Waals surface area (Å²) in [5.74, 6) is -0.329. The minimum atomic E-state index is -0.828. The summed E-state index contributed by atoms with van der Waals surface area (Å²) in [5.41, 5.74) is 3.96. The number of amides is 2. The van der Waals surface area contributed by atoms with Crippen molar-refractivity contribution in [1.82, 2.24) is 10.7 Å². The number of carbonyl (C=O) groups is 2. The Morgan fingerprint density at radius 2 is 1.85 bits per heavy atom. The summed E-state index contributed by atoms with van der Waals surface area (Å²) in [6.45, 7) is 0.538. The first-order valence-electron chi connectivity index (χ1n) is 7.88. The first-order chi connectivity index (χ1) is 12.6. The molecule has 0 spiro atoms. The summed E-state index contributed by atoms with van der Waals surface area (Å²) in [6.07, 6.45) is 2.06. The molecule has 134 valence electrons. The molecule has 0 radical (unpaired) electrons. The highest BCUT2D eigenvalue weighted by atomic mass is 79.9. The van der Waals surface area contributed by atoms with Crippen LogP contribution in [0.4, 0.5) is 0 Å². The number of carbonyl (C=O) groups excluding carboxylic acids is 2. The lowest BCUT2D eigenvalue weighted by atomic mass is 10.1. The lowest BCUT2D eigenvalue weighted by molar-refractivity contribution is -0.139. The topological polar surface area (TPSA) is 89.0 Å². The van der Waals surface area contributed by atoms with Gasteiger partial charge in [-0.3, -0.25) is 9.59 Å². The number of nitrogens with zero attached hydrogens (tertiary/aromatic N) is 1. The molecule has 3 rings (SSSR count). The molecule has 0 saturated heterocycles. The molecule has 0 saturated carbocycles. The predicted molar refractivity (Wildman–Crippen MR) is 99.2 cm³/mol. The molecule has 1 aliphatic heterocycles. The van der Waals surface area contributed by atoms with Gasteiger partial charge in [-0.25, -0.2) is 5.43 Å². The number of rotatable bonds is 5. The molecular weight excluding hydrogens is 402 g/mol. The number of ether oxygens (including phenoxy) is 2. The fourth-order valence-electron chi connectivity index (χ4n) is 2.29. The summed E-state index contributed by atoms with van der Waals surface area (Å²) in [7, 11) is 0. The molecule has 0 fully saturated rings. The molecule has 7 nitrogen and oxygen atoms in total. The van der Waals surface area contributed by atoms with Crippen LogP contribution in [0.2, 0.25) is 0 Å². The van der Waals surface area contributed by atoms with E-state index >= 15 is 0 Å². The second kappa shape index (κ2) is 8.48. The SMILES string of the molecule is O=C(NCCc1ccccc1)C(=O)N/N=C/c1cc2c(cc1Br)OCO2. The molecule has 1 heterocycles. The van der Waals surface area contributed by atoms with E-state index in [0.29, 0.717) is 30.0 Å². The normalized spacial score (nSPS) is 12.2. The molecule has 0 aliphatic carbocycles. The number of hydrogen-bond acceptors (Lipinski definition) is 5. The van der Waals surface area contributed by atoms with Gasteiger partial charge in [0.05, 0.1) is 6.21 Å². The average Bonchev–Trinajstić information content (AvgIpc) is 3.09. The van der Waals surface area contributed by atoms with Crippen LogP contribution >= 0.6 is 15.9 Å². The summed E-state index contributed by atoms with van der Waals surface area (Å²) in [4.78, 5) is 23.5. The molecule has 0 bridgehead atoms. The van der Waals surface area contributed by atoms with Crippen molar-refractivity contribution in [2.45, 2.75) is 6.42 Å². The molecule has 2 aromatic rings. The lowest BCUT2D eigenvalue weighted by Gasteiger charge is -2.04. The van der Waals surface area contributed by atoms with Crippen molar-refractivity contribution < 1.29 is 19.1 Å². The zero-order valence-corrected chi connectivity index (χ0v) is 15.3. The van der Waals surface area contributed by atoms with Crippen LogP contribution in [0, 0.1) is 0 Å². The van der Waals surface area contributed by atoms with Crippen molar-refractivity contribution >= 4 is 34.0 Å². The van der Waals surface area contributed by atoms with Crippen molar-refractivity contribution in [3.63, 3.8) is 0 Å². The Morgan fingerprint density at radius 3 is 2.62 bits per heavy atom. The maximum atomic E-state index is 11.8. The third kappa shape index (κ3) is 4.60. The van der Waals surface area contributed by atoms with E-state index in [0.717, 1.165) is 10.0 Å². The Morgan fingerprint density at radius 1 is 1.12 bits per heavy atom. The van der Waals surface area contributed by atoms with Gasteiger partial charge < -0.3 is 14.8 Å². The van der Waals surface area contributed by atoms with Crippen molar-refractivity contribution in [2.75, 3.05) is 13.3 Å². The maximum Gasteiger partial charge on any atom is 0.329 e. The quantitative estimate of drug-likeness (QED) is 0.442. The summed E-state index contributed by atoms with van der Waals surface area (Å²) >= 11 is 3.38. The van der Waals surface area contributed by atoms with E-state index < -0.39 is 11.8 Å². The molecule has 0 unspecified atom stereocenters. The number of fused-ring (bicyclic) bond motifs is 1. The zero-order valence-electron chi connectivity index (χ0n) is 13.7. The van der Waals surface area contributed by atoms with Crippen LogP contribution in [0.1, 0.15) is 11.1 Å². The van der Waals surface area contributed by atoms with Gasteiger partial charge in [-0.15, -0.1) is 0 Å². The maximum absolute atomic E-state index is 11.8. The number of benzene rings is 2. The van der Waals surface area contributed by atoms with E-state index in [1.807, 2.05) is 30.3 Å². The van der Waals surface area contributed by atoms with Crippen molar-refractivity contribution in [3.05, 3.63) is 58.1 Å². The van der Waals surface area contributed by atoms with Gasteiger partial charge in [0.25, 0.3) is 0 Å². The minimum Gasteiger partial charge on any atom is -0.454 e. The summed E-state index contributed by atoms with van der Waals surface area (Å²) < 4.78 is 11.3. The monoisotopic (exact) mass is 417 g/mol. The number of hydrogen-bond donors (Lipinski definition) is 2. The highest BCUT2D eigenvalue weighted by Gasteiger charge is 2.16. The Labute approximate surface area is 158 Å². The lowest BCUT2D eigenvalue weighted by Crippen LogP contribution is -2.38. The first-order valence-corrected chi connectivity index (χ1v) is 8.67. The van der Waals surface area contributed by atoms with Gasteiger partial charge in [0.2, 0.25) is 6.79 Å². The zero-order chi connectivity index (χ0) is 18.4. The number of halogens is 1. The molecule has 0 atom stereocenters. The van der Waals surface area contributed by atoms with Crippen molar-refractivity contribution in [3.8, 4) is 11.5 Å². The standard InChI is InChI=1S/C18H16BrN3O4/c19-14-9-16-15(25-11-26-16)8-13(14)10-21-22-18(24)17(23)20-7-6-12-4-2-1-3-5-12/h1-5,8-10H,6-7,11H2,(H,20,23)(H,22,24)/b21-10+.